The van der Waals surface area contributed by atoms with Crippen LogP contribution in [0.2, 0.25) is 0 Å². The third-order valence-electron chi connectivity index (χ3n) is 4.87. The number of ether oxygens (including phenoxy) is 1. The molecule has 0 radical (unpaired) electrons. The molecule has 0 saturated carbocycles. The number of nitrogens with zero attached hydrogens (tertiary/aromatic N) is 5. The van der Waals surface area contributed by atoms with Gasteiger partial charge in [0, 0.05) is 22.8 Å². The van der Waals surface area contributed by atoms with Crippen LogP contribution in [0.15, 0.2) is 53.4 Å². The fourth-order valence-corrected chi connectivity index (χ4v) is 4.19. The van der Waals surface area contributed by atoms with Crippen LogP contribution in [0.4, 0.5) is 0 Å². The van der Waals surface area contributed by atoms with Gasteiger partial charge in [0.15, 0.2) is 11.5 Å². The van der Waals surface area contributed by atoms with Crippen LogP contribution >= 0.6 is 15.9 Å². The first-order chi connectivity index (χ1) is 12.3. The van der Waals surface area contributed by atoms with Gasteiger partial charge in [-0.25, -0.2) is 0 Å². The van der Waals surface area contributed by atoms with Crippen molar-refractivity contribution in [3.63, 3.8) is 0 Å². The molecule has 2 aliphatic rings. The van der Waals surface area contributed by atoms with E-state index in [-0.39, 0.29) is 0 Å². The Labute approximate surface area is 153 Å². The Kier molecular flexibility index (Phi) is 3.48. The molecule has 2 aromatic heterocycles. The van der Waals surface area contributed by atoms with Crippen molar-refractivity contribution < 1.29 is 4.74 Å². The molecule has 3 aromatic rings. The van der Waals surface area contributed by atoms with E-state index >= 15 is 0 Å². The Morgan fingerprint density at radius 3 is 3.04 bits per heavy atom. The summed E-state index contributed by atoms with van der Waals surface area (Å²) in [6, 6.07) is 12.2. The lowest BCUT2D eigenvalue weighted by Crippen LogP contribution is -2.52. The van der Waals surface area contributed by atoms with E-state index in [0.29, 0.717) is 13.2 Å². The summed E-state index contributed by atoms with van der Waals surface area (Å²) >= 11 is 3.62. The molecule has 0 aliphatic carbocycles. The molecule has 0 bridgehead atoms. The molecule has 0 spiro atoms. The highest BCUT2D eigenvalue weighted by molar-refractivity contribution is 9.10. The third-order valence-corrected chi connectivity index (χ3v) is 5.37. The van der Waals surface area contributed by atoms with E-state index < -0.39 is 5.72 Å². The predicted octanol–water partition coefficient (Wildman–Crippen LogP) is 2.86. The van der Waals surface area contributed by atoms with E-state index in [0.717, 1.165) is 40.2 Å². The van der Waals surface area contributed by atoms with Gasteiger partial charge in [0.1, 0.15) is 6.33 Å². The van der Waals surface area contributed by atoms with Crippen molar-refractivity contribution in [2.24, 2.45) is 0 Å². The van der Waals surface area contributed by atoms with Crippen LogP contribution in [-0.4, -0.2) is 37.8 Å². The monoisotopic (exact) mass is 397 g/mol. The minimum Gasteiger partial charge on any atom is -0.350 e. The van der Waals surface area contributed by atoms with Crippen molar-refractivity contribution in [1.82, 2.24) is 24.6 Å². The number of benzene rings is 1. The van der Waals surface area contributed by atoms with Crippen molar-refractivity contribution >= 4 is 15.9 Å². The van der Waals surface area contributed by atoms with Gasteiger partial charge < -0.3 is 4.74 Å². The van der Waals surface area contributed by atoms with Crippen LogP contribution < -0.4 is 0 Å². The maximum atomic E-state index is 6.50. The second kappa shape index (κ2) is 5.72. The standard InChI is InChI=1S/C18H16BrN5O/c19-13-5-6-15-14(10-13)18(16-4-1-2-7-20-16)23(8-3-9-25-18)11-17-22-21-12-24(15)17/h1-2,4-7,10,12H,3,8-9,11H2. The Balaban J connectivity index is 1.86. The first-order valence-corrected chi connectivity index (χ1v) is 9.08. The first kappa shape index (κ1) is 15.2. The van der Waals surface area contributed by atoms with Crippen LogP contribution in [-0.2, 0) is 17.0 Å². The highest BCUT2D eigenvalue weighted by Crippen LogP contribution is 2.45. The highest BCUT2D eigenvalue weighted by atomic mass is 79.9. The van der Waals surface area contributed by atoms with Crippen LogP contribution in [0.5, 0.6) is 0 Å². The average molecular weight is 398 g/mol. The molecule has 1 unspecified atom stereocenters. The fraction of sp³-hybridized carbons (Fsp3) is 0.278. The smallest absolute Gasteiger partial charge is 0.193 e. The van der Waals surface area contributed by atoms with Gasteiger partial charge in [0.05, 0.1) is 24.5 Å². The Hall–Kier alpha value is -2.09. The molecule has 1 atom stereocenters. The summed E-state index contributed by atoms with van der Waals surface area (Å²) in [6.07, 6.45) is 4.57. The number of hydrogen-bond donors (Lipinski definition) is 0. The molecular weight excluding hydrogens is 382 g/mol. The summed E-state index contributed by atoms with van der Waals surface area (Å²) in [4.78, 5) is 6.98. The number of fused-ring (bicyclic) bond motifs is 5. The summed E-state index contributed by atoms with van der Waals surface area (Å²) < 4.78 is 9.56. The van der Waals surface area contributed by atoms with Crippen molar-refractivity contribution in [1.29, 1.82) is 0 Å². The van der Waals surface area contributed by atoms with E-state index in [9.17, 15) is 0 Å². The van der Waals surface area contributed by atoms with Gasteiger partial charge in [-0.3, -0.25) is 14.5 Å². The zero-order chi connectivity index (χ0) is 16.9. The molecule has 1 aromatic carbocycles. The lowest BCUT2D eigenvalue weighted by Gasteiger charge is -2.45. The van der Waals surface area contributed by atoms with Gasteiger partial charge in [-0.15, -0.1) is 10.2 Å². The third kappa shape index (κ3) is 2.19. The molecule has 1 fully saturated rings. The topological polar surface area (TPSA) is 56.1 Å². The van der Waals surface area contributed by atoms with Crippen LogP contribution in [0, 0.1) is 0 Å². The second-order valence-corrected chi connectivity index (χ2v) is 7.18. The summed E-state index contributed by atoms with van der Waals surface area (Å²) in [5.41, 5.74) is 2.25. The maximum Gasteiger partial charge on any atom is 0.193 e. The molecule has 5 rings (SSSR count). The van der Waals surface area contributed by atoms with Gasteiger partial charge in [-0.2, -0.15) is 0 Å². The van der Waals surface area contributed by atoms with Crippen LogP contribution in [0.25, 0.3) is 5.69 Å². The normalized spacial score (nSPS) is 22.6. The lowest BCUT2D eigenvalue weighted by molar-refractivity contribution is -0.171. The molecule has 1 saturated heterocycles. The molecule has 25 heavy (non-hydrogen) atoms. The molecular formula is C18H16BrN5O. The van der Waals surface area contributed by atoms with Gasteiger partial charge in [0.25, 0.3) is 0 Å². The van der Waals surface area contributed by atoms with Gasteiger partial charge in [0.2, 0.25) is 0 Å². The molecule has 6 nitrogen and oxygen atoms in total. The van der Waals surface area contributed by atoms with Gasteiger partial charge in [-0.05, 0) is 36.8 Å². The first-order valence-electron chi connectivity index (χ1n) is 8.29. The van der Waals surface area contributed by atoms with E-state index in [1.54, 1.807) is 6.33 Å². The zero-order valence-corrected chi connectivity index (χ0v) is 15.1. The van der Waals surface area contributed by atoms with E-state index in [4.69, 9.17) is 4.74 Å². The summed E-state index contributed by atoms with van der Waals surface area (Å²) in [5, 5.41) is 8.46. The molecule has 0 N–H and O–H groups in total. The van der Waals surface area contributed by atoms with Gasteiger partial charge in [-0.1, -0.05) is 22.0 Å². The summed E-state index contributed by atoms with van der Waals surface area (Å²) in [7, 11) is 0. The van der Waals surface area contributed by atoms with Gasteiger partial charge >= 0.3 is 0 Å². The second-order valence-electron chi connectivity index (χ2n) is 6.26. The van der Waals surface area contributed by atoms with Crippen molar-refractivity contribution in [3.05, 3.63) is 70.5 Å². The minimum atomic E-state index is -0.723. The van der Waals surface area contributed by atoms with Crippen LogP contribution in [0.1, 0.15) is 23.5 Å². The largest absolute Gasteiger partial charge is 0.350 e. The quantitative estimate of drug-likeness (QED) is 0.631. The van der Waals surface area contributed by atoms with Crippen LogP contribution in [0.3, 0.4) is 0 Å². The number of rotatable bonds is 1. The molecule has 7 heteroatoms. The Bertz CT molecular complexity index is 928. The average Bonchev–Trinajstić information content (AvgIpc) is 3.07. The molecule has 4 heterocycles. The Morgan fingerprint density at radius 1 is 1.20 bits per heavy atom. The number of halogens is 1. The van der Waals surface area contributed by atoms with Crippen molar-refractivity contribution in [2.45, 2.75) is 18.7 Å². The maximum absolute atomic E-state index is 6.50. The summed E-state index contributed by atoms with van der Waals surface area (Å²) in [5.74, 6) is 0.909. The number of hydrogen-bond acceptors (Lipinski definition) is 5. The predicted molar refractivity (Wildman–Crippen MR) is 95.1 cm³/mol. The van der Waals surface area contributed by atoms with E-state index in [2.05, 4.69) is 48.1 Å². The van der Waals surface area contributed by atoms with E-state index in [1.807, 2.05) is 35.0 Å². The van der Waals surface area contributed by atoms with Crippen molar-refractivity contribution in [2.75, 3.05) is 13.2 Å². The molecule has 0 amide bonds. The number of aromatic nitrogens is 4. The lowest BCUT2D eigenvalue weighted by atomic mass is 9.93. The molecule has 2 aliphatic heterocycles. The summed E-state index contributed by atoms with van der Waals surface area (Å²) in [6.45, 7) is 2.26. The SMILES string of the molecule is Brc1ccc2c(c1)C1(c3ccccn3)OCCCN1Cc1nncn1-2. The minimum absolute atomic E-state index is 0.656. The highest BCUT2D eigenvalue weighted by Gasteiger charge is 2.48. The fourth-order valence-electron chi connectivity index (χ4n) is 3.83. The Morgan fingerprint density at radius 2 is 2.16 bits per heavy atom. The number of pyridine rings is 1. The van der Waals surface area contributed by atoms with E-state index in [1.165, 1.54) is 0 Å². The molecule has 126 valence electrons. The zero-order valence-electron chi connectivity index (χ0n) is 13.5. The van der Waals surface area contributed by atoms with Crippen molar-refractivity contribution in [3.8, 4) is 5.69 Å².